The summed E-state index contributed by atoms with van der Waals surface area (Å²) in [6.45, 7) is 8.14. The zero-order valence-electron chi connectivity index (χ0n) is 15.9. The number of carbonyl (C=O) groups excluding carboxylic acids is 1. The van der Waals surface area contributed by atoms with E-state index in [9.17, 15) is 4.79 Å². The molecule has 1 aromatic heterocycles. The van der Waals surface area contributed by atoms with E-state index in [1.807, 2.05) is 55.5 Å². The standard InChI is InChI=1S/C20H24N6O/c1-4-25(5-2)17-12-10-16(11-13-17)21-19(27)14-26-23-20(22-24-26)18-9-7-6-8-15(18)3/h6-13H,4-5,14H2,1-3H3,(H,21,27). The van der Waals surface area contributed by atoms with Crippen molar-refractivity contribution in [2.75, 3.05) is 23.3 Å². The first-order chi connectivity index (χ1) is 13.1. The molecular weight excluding hydrogens is 340 g/mol. The van der Waals surface area contributed by atoms with E-state index in [4.69, 9.17) is 0 Å². The van der Waals surface area contributed by atoms with Crippen molar-refractivity contribution in [2.24, 2.45) is 0 Å². The molecule has 0 aliphatic carbocycles. The molecule has 3 aromatic rings. The fourth-order valence-electron chi connectivity index (χ4n) is 2.92. The molecule has 1 amide bonds. The summed E-state index contributed by atoms with van der Waals surface area (Å²) in [6, 6.07) is 15.6. The zero-order chi connectivity index (χ0) is 19.2. The summed E-state index contributed by atoms with van der Waals surface area (Å²) in [6.07, 6.45) is 0. The largest absolute Gasteiger partial charge is 0.372 e. The molecule has 0 atom stereocenters. The first-order valence-corrected chi connectivity index (χ1v) is 9.09. The van der Waals surface area contributed by atoms with Gasteiger partial charge in [-0.25, -0.2) is 0 Å². The molecule has 0 spiro atoms. The molecular formula is C20H24N6O. The van der Waals surface area contributed by atoms with Crippen LogP contribution >= 0.6 is 0 Å². The lowest BCUT2D eigenvalue weighted by Crippen LogP contribution is -2.22. The lowest BCUT2D eigenvalue weighted by molar-refractivity contribution is -0.117. The normalized spacial score (nSPS) is 10.6. The smallest absolute Gasteiger partial charge is 0.248 e. The fraction of sp³-hybridized carbons (Fsp3) is 0.300. The first kappa shape index (κ1) is 18.6. The van der Waals surface area contributed by atoms with Crippen LogP contribution in [0.2, 0.25) is 0 Å². The van der Waals surface area contributed by atoms with Crippen molar-refractivity contribution in [2.45, 2.75) is 27.3 Å². The minimum atomic E-state index is -0.195. The summed E-state index contributed by atoms with van der Waals surface area (Å²) in [5.41, 5.74) is 3.86. The Morgan fingerprint density at radius 1 is 1.07 bits per heavy atom. The Balaban J connectivity index is 1.62. The van der Waals surface area contributed by atoms with E-state index >= 15 is 0 Å². The van der Waals surface area contributed by atoms with Crippen LogP contribution in [0.15, 0.2) is 48.5 Å². The van der Waals surface area contributed by atoms with Crippen LogP contribution in [0, 0.1) is 6.92 Å². The molecule has 0 unspecified atom stereocenters. The number of benzene rings is 2. The highest BCUT2D eigenvalue weighted by Gasteiger charge is 2.11. The molecule has 0 radical (unpaired) electrons. The van der Waals surface area contributed by atoms with Crippen LogP contribution in [0.5, 0.6) is 0 Å². The molecule has 27 heavy (non-hydrogen) atoms. The Morgan fingerprint density at radius 2 is 1.78 bits per heavy atom. The molecule has 1 N–H and O–H groups in total. The van der Waals surface area contributed by atoms with E-state index in [1.165, 1.54) is 4.80 Å². The highest BCUT2D eigenvalue weighted by molar-refractivity contribution is 5.90. The Labute approximate surface area is 159 Å². The number of tetrazole rings is 1. The van der Waals surface area contributed by atoms with Crippen LogP contribution in [0.1, 0.15) is 19.4 Å². The third-order valence-corrected chi connectivity index (χ3v) is 4.40. The minimum absolute atomic E-state index is 0.0106. The average Bonchev–Trinajstić information content (AvgIpc) is 3.12. The summed E-state index contributed by atoms with van der Waals surface area (Å²) < 4.78 is 0. The Hall–Kier alpha value is -3.22. The van der Waals surface area contributed by atoms with Crippen LogP contribution in [0.3, 0.4) is 0 Å². The lowest BCUT2D eigenvalue weighted by Gasteiger charge is -2.21. The van der Waals surface area contributed by atoms with Crippen molar-refractivity contribution in [3.05, 3.63) is 54.1 Å². The molecule has 1 heterocycles. The van der Waals surface area contributed by atoms with E-state index in [2.05, 4.69) is 39.5 Å². The number of aromatic nitrogens is 4. The van der Waals surface area contributed by atoms with Crippen LogP contribution in [0.25, 0.3) is 11.4 Å². The average molecular weight is 364 g/mol. The van der Waals surface area contributed by atoms with E-state index in [-0.39, 0.29) is 12.5 Å². The zero-order valence-corrected chi connectivity index (χ0v) is 15.9. The predicted octanol–water partition coefficient (Wildman–Crippen LogP) is 3.13. The van der Waals surface area contributed by atoms with Crippen LogP contribution in [0.4, 0.5) is 11.4 Å². The van der Waals surface area contributed by atoms with Gasteiger partial charge in [0.1, 0.15) is 6.54 Å². The van der Waals surface area contributed by atoms with Gasteiger partial charge in [0.15, 0.2) is 0 Å². The number of carbonyl (C=O) groups is 1. The second kappa shape index (κ2) is 8.44. The van der Waals surface area contributed by atoms with Crippen LogP contribution in [-0.4, -0.2) is 39.2 Å². The molecule has 0 saturated heterocycles. The van der Waals surface area contributed by atoms with Gasteiger partial charge < -0.3 is 10.2 Å². The third-order valence-electron chi connectivity index (χ3n) is 4.40. The molecule has 3 rings (SSSR count). The summed E-state index contributed by atoms with van der Waals surface area (Å²) in [7, 11) is 0. The fourth-order valence-corrected chi connectivity index (χ4v) is 2.92. The second-order valence-electron chi connectivity index (χ2n) is 6.23. The number of nitrogens with one attached hydrogen (secondary N) is 1. The van der Waals surface area contributed by atoms with Gasteiger partial charge in [0.25, 0.3) is 0 Å². The maximum Gasteiger partial charge on any atom is 0.248 e. The highest BCUT2D eigenvalue weighted by Crippen LogP contribution is 2.19. The Kier molecular flexibility index (Phi) is 5.80. The summed E-state index contributed by atoms with van der Waals surface area (Å²) >= 11 is 0. The molecule has 140 valence electrons. The quantitative estimate of drug-likeness (QED) is 0.697. The van der Waals surface area contributed by atoms with E-state index < -0.39 is 0 Å². The van der Waals surface area contributed by atoms with Crippen LogP contribution in [-0.2, 0) is 11.3 Å². The summed E-state index contributed by atoms with van der Waals surface area (Å²) in [5.74, 6) is 0.323. The van der Waals surface area contributed by atoms with Gasteiger partial charge in [-0.2, -0.15) is 4.80 Å². The number of rotatable bonds is 7. The number of aryl methyl sites for hydroxylation is 1. The number of hydrogen-bond donors (Lipinski definition) is 1. The van der Waals surface area contributed by atoms with Gasteiger partial charge in [-0.1, -0.05) is 24.3 Å². The summed E-state index contributed by atoms with van der Waals surface area (Å²) in [5, 5.41) is 15.2. The Bertz CT molecular complexity index is 899. The van der Waals surface area contributed by atoms with Gasteiger partial charge in [0.2, 0.25) is 11.7 Å². The van der Waals surface area contributed by atoms with Gasteiger partial charge in [-0.15, -0.1) is 10.2 Å². The second-order valence-corrected chi connectivity index (χ2v) is 6.23. The maximum atomic E-state index is 12.3. The maximum absolute atomic E-state index is 12.3. The van der Waals surface area contributed by atoms with Gasteiger partial charge in [0, 0.05) is 30.0 Å². The monoisotopic (exact) mass is 364 g/mol. The highest BCUT2D eigenvalue weighted by atomic mass is 16.2. The molecule has 0 fully saturated rings. The van der Waals surface area contributed by atoms with E-state index in [1.54, 1.807) is 0 Å². The lowest BCUT2D eigenvalue weighted by atomic mass is 10.1. The molecule has 0 saturated carbocycles. The molecule has 0 aliphatic rings. The van der Waals surface area contributed by atoms with Crippen molar-refractivity contribution >= 4 is 17.3 Å². The summed E-state index contributed by atoms with van der Waals surface area (Å²) in [4.78, 5) is 15.8. The van der Waals surface area contributed by atoms with Crippen molar-refractivity contribution in [1.29, 1.82) is 0 Å². The van der Waals surface area contributed by atoms with Gasteiger partial charge in [-0.3, -0.25) is 4.79 Å². The van der Waals surface area contributed by atoms with Crippen LogP contribution < -0.4 is 10.2 Å². The molecule has 0 aliphatic heterocycles. The van der Waals surface area contributed by atoms with E-state index in [0.29, 0.717) is 5.82 Å². The molecule has 2 aromatic carbocycles. The molecule has 0 bridgehead atoms. The van der Waals surface area contributed by atoms with Crippen molar-refractivity contribution < 1.29 is 4.79 Å². The van der Waals surface area contributed by atoms with Crippen molar-refractivity contribution in [3.8, 4) is 11.4 Å². The van der Waals surface area contributed by atoms with E-state index in [0.717, 1.165) is 35.6 Å². The topological polar surface area (TPSA) is 75.9 Å². The molecule has 7 heteroatoms. The van der Waals surface area contributed by atoms with Gasteiger partial charge in [0.05, 0.1) is 0 Å². The Morgan fingerprint density at radius 3 is 2.44 bits per heavy atom. The SMILES string of the molecule is CCN(CC)c1ccc(NC(=O)Cn2nnc(-c3ccccc3C)n2)cc1. The third kappa shape index (κ3) is 4.49. The van der Waals surface area contributed by atoms with Gasteiger partial charge >= 0.3 is 0 Å². The predicted molar refractivity (Wildman–Crippen MR) is 107 cm³/mol. The number of amides is 1. The minimum Gasteiger partial charge on any atom is -0.372 e. The number of hydrogen-bond acceptors (Lipinski definition) is 5. The van der Waals surface area contributed by atoms with Crippen molar-refractivity contribution in [3.63, 3.8) is 0 Å². The first-order valence-electron chi connectivity index (χ1n) is 9.09. The number of nitrogens with zero attached hydrogens (tertiary/aromatic N) is 5. The van der Waals surface area contributed by atoms with Gasteiger partial charge in [-0.05, 0) is 55.8 Å². The van der Waals surface area contributed by atoms with Crippen molar-refractivity contribution in [1.82, 2.24) is 20.2 Å². The number of anilines is 2. The molecule has 7 nitrogen and oxygen atoms in total.